The van der Waals surface area contributed by atoms with Crippen LogP contribution in [0.4, 0.5) is 8.78 Å². The second kappa shape index (κ2) is 2.74. The number of nitrogens with zero attached hydrogens (tertiary/aromatic N) is 2. The van der Waals surface area contributed by atoms with Gasteiger partial charge in [0, 0.05) is 0 Å². The Labute approximate surface area is 73.0 Å². The molecule has 74 valence electrons. The zero-order valence-electron chi connectivity index (χ0n) is 6.55. The quantitative estimate of drug-likeness (QED) is 0.542. The van der Waals surface area contributed by atoms with Gasteiger partial charge in [-0.1, -0.05) is 0 Å². The van der Waals surface area contributed by atoms with E-state index < -0.39 is 15.5 Å². The molecule has 1 heterocycles. The first-order valence-corrected chi connectivity index (χ1v) is 4.58. The van der Waals surface area contributed by atoms with Crippen LogP contribution in [-0.2, 0) is 22.5 Å². The summed E-state index contributed by atoms with van der Waals surface area (Å²) < 4.78 is 55.6. The highest BCUT2D eigenvalue weighted by Crippen LogP contribution is 2.25. The van der Waals surface area contributed by atoms with E-state index in [0.717, 1.165) is 12.5 Å². The Hall–Kier alpha value is -1.02. The lowest BCUT2D eigenvalue weighted by atomic mass is 10.9. The van der Waals surface area contributed by atoms with Crippen LogP contribution >= 0.6 is 0 Å². The topological polar surface area (TPSA) is 63.2 Å². The molecule has 1 N–H and O–H groups in total. The zero-order valence-corrected chi connectivity index (χ0v) is 7.37. The summed E-state index contributed by atoms with van der Waals surface area (Å²) >= 11 is 0. The summed E-state index contributed by atoms with van der Waals surface area (Å²) in [4.78, 5) is 0. The number of rotatable bonds is 2. The lowest BCUT2D eigenvalue weighted by Crippen LogP contribution is -2.33. The maximum absolute atomic E-state index is 12.8. The molecule has 0 saturated carbocycles. The first-order chi connectivity index (χ1) is 5.75. The molecule has 0 bridgehead atoms. The Balaban J connectivity index is 3.23. The van der Waals surface area contributed by atoms with Crippen LogP contribution in [0.15, 0.2) is 18.7 Å². The van der Waals surface area contributed by atoms with E-state index in [-0.39, 0.29) is 4.57 Å². The Bertz CT molecular complexity index is 411. The van der Waals surface area contributed by atoms with Crippen molar-refractivity contribution in [3.05, 3.63) is 18.7 Å². The highest BCUT2D eigenvalue weighted by atomic mass is 32.2. The maximum Gasteiger partial charge on any atom is 0.529 e. The van der Waals surface area contributed by atoms with Gasteiger partial charge in [-0.15, -0.1) is 8.78 Å². The van der Waals surface area contributed by atoms with Crippen LogP contribution in [0.5, 0.6) is 0 Å². The van der Waals surface area contributed by atoms with E-state index in [1.54, 1.807) is 0 Å². The van der Waals surface area contributed by atoms with Crippen LogP contribution in [0.2, 0.25) is 0 Å². The van der Waals surface area contributed by atoms with E-state index in [1.807, 2.05) is 0 Å². The van der Waals surface area contributed by atoms with Gasteiger partial charge in [-0.05, 0) is 0 Å². The monoisotopic (exact) mass is 213 g/mol. The fourth-order valence-corrected chi connectivity index (χ4v) is 1.11. The van der Waals surface area contributed by atoms with Crippen LogP contribution in [0, 0.1) is 0 Å². The predicted octanol–water partition coefficient (Wildman–Crippen LogP) is -0.293. The molecule has 0 aliphatic carbocycles. The number of imidazole rings is 1. The van der Waals surface area contributed by atoms with Crippen LogP contribution in [-0.4, -0.2) is 17.5 Å². The van der Waals surface area contributed by atoms with E-state index in [1.165, 1.54) is 17.8 Å². The van der Waals surface area contributed by atoms with Gasteiger partial charge < -0.3 is 0 Å². The van der Waals surface area contributed by atoms with Gasteiger partial charge in [0.1, 0.15) is 12.4 Å². The smallest absolute Gasteiger partial charge is 0.277 e. The predicted molar refractivity (Wildman–Crippen MR) is 37.3 cm³/mol. The number of hydrogen-bond donors (Lipinski definition) is 1. The fraction of sp³-hybridized carbons (Fsp3) is 0.400. The molecule has 8 heteroatoms. The molecule has 0 aliphatic rings. The highest BCUT2D eigenvalue weighted by Gasteiger charge is 2.51. The molecule has 1 aromatic rings. The molecule has 0 unspecified atom stereocenters. The van der Waals surface area contributed by atoms with Crippen molar-refractivity contribution < 1.29 is 26.3 Å². The maximum atomic E-state index is 12.8. The molecule has 1 rings (SSSR count). The molecule has 0 atom stereocenters. The van der Waals surface area contributed by atoms with Gasteiger partial charge in [0.2, 0.25) is 6.33 Å². The number of hydrogen-bond acceptors (Lipinski definition) is 2. The van der Waals surface area contributed by atoms with Gasteiger partial charge in [0.25, 0.3) is 0 Å². The van der Waals surface area contributed by atoms with Crippen molar-refractivity contribution in [3.8, 4) is 0 Å². The molecular formula is C5H7F2N2O3S+. The molecule has 0 aliphatic heterocycles. The van der Waals surface area contributed by atoms with E-state index in [9.17, 15) is 17.2 Å². The number of aryl methyl sites for hydroxylation is 1. The Morgan fingerprint density at radius 1 is 1.54 bits per heavy atom. The van der Waals surface area contributed by atoms with E-state index in [2.05, 4.69) is 0 Å². The number of aromatic nitrogens is 2. The lowest BCUT2D eigenvalue weighted by Gasteiger charge is -2.06. The molecule has 0 amide bonds. The normalized spacial score (nSPS) is 13.2. The largest absolute Gasteiger partial charge is 0.529 e. The molecule has 0 saturated heterocycles. The van der Waals surface area contributed by atoms with Gasteiger partial charge >= 0.3 is 15.5 Å². The Morgan fingerprint density at radius 3 is 2.38 bits per heavy atom. The first kappa shape index (κ1) is 10.1. The van der Waals surface area contributed by atoms with Crippen molar-refractivity contribution in [2.45, 2.75) is 5.38 Å². The van der Waals surface area contributed by atoms with E-state index in [4.69, 9.17) is 4.55 Å². The minimum Gasteiger partial charge on any atom is -0.277 e. The summed E-state index contributed by atoms with van der Waals surface area (Å²) in [5.74, 6) is 0. The summed E-state index contributed by atoms with van der Waals surface area (Å²) in [7, 11) is -3.98. The molecule has 0 spiro atoms. The molecule has 0 radical (unpaired) electrons. The minimum atomic E-state index is -5.43. The standard InChI is InChI=1S/C5H6F2N2O3S/c1-8-2-3-9(4-8)5(6,7)13(10,11)12/h2-4H,1H3/p+1. The zero-order chi connectivity index (χ0) is 10.3. The van der Waals surface area contributed by atoms with Gasteiger partial charge in [0.15, 0.2) is 0 Å². The average Bonchev–Trinajstić information content (AvgIpc) is 2.33. The van der Waals surface area contributed by atoms with Crippen molar-refractivity contribution in [1.82, 2.24) is 4.57 Å². The van der Waals surface area contributed by atoms with E-state index in [0.29, 0.717) is 0 Å². The van der Waals surface area contributed by atoms with E-state index >= 15 is 0 Å². The SMILES string of the molecule is C[n+]1ccn(C(F)(F)S(=O)(=O)O)c1. The van der Waals surface area contributed by atoms with Crippen LogP contribution in [0.3, 0.4) is 0 Å². The summed E-state index contributed by atoms with van der Waals surface area (Å²) in [6.07, 6.45) is 2.90. The van der Waals surface area contributed by atoms with Crippen molar-refractivity contribution in [1.29, 1.82) is 0 Å². The summed E-state index contributed by atoms with van der Waals surface area (Å²) in [6, 6.07) is 0. The lowest BCUT2D eigenvalue weighted by molar-refractivity contribution is -0.671. The molecule has 0 aromatic carbocycles. The summed E-state index contributed by atoms with van der Waals surface area (Å²) in [5, 5.41) is -4.33. The van der Waals surface area contributed by atoms with Gasteiger partial charge in [-0.25, -0.2) is 4.57 Å². The highest BCUT2D eigenvalue weighted by molar-refractivity contribution is 7.86. The first-order valence-electron chi connectivity index (χ1n) is 3.13. The van der Waals surface area contributed by atoms with Crippen molar-refractivity contribution in [2.75, 3.05) is 0 Å². The molecular weight excluding hydrogens is 206 g/mol. The summed E-state index contributed by atoms with van der Waals surface area (Å²) in [5.41, 5.74) is 0. The number of halogens is 2. The third kappa shape index (κ3) is 1.68. The average molecular weight is 213 g/mol. The van der Waals surface area contributed by atoms with Gasteiger partial charge in [0.05, 0.1) is 7.05 Å². The van der Waals surface area contributed by atoms with Crippen molar-refractivity contribution >= 4 is 10.1 Å². The molecule has 0 fully saturated rings. The molecule has 1 aromatic heterocycles. The second-order valence-corrected chi connectivity index (χ2v) is 3.89. The third-order valence-corrected chi connectivity index (χ3v) is 2.21. The van der Waals surface area contributed by atoms with Crippen molar-refractivity contribution in [2.24, 2.45) is 7.05 Å². The van der Waals surface area contributed by atoms with Gasteiger partial charge in [-0.3, -0.25) is 4.55 Å². The molecule has 5 nitrogen and oxygen atoms in total. The van der Waals surface area contributed by atoms with Gasteiger partial charge in [-0.2, -0.15) is 13.0 Å². The van der Waals surface area contributed by atoms with Crippen LogP contribution in [0.1, 0.15) is 0 Å². The molecule has 13 heavy (non-hydrogen) atoms. The third-order valence-electron chi connectivity index (χ3n) is 1.38. The Kier molecular flexibility index (Phi) is 2.12. The van der Waals surface area contributed by atoms with Crippen molar-refractivity contribution in [3.63, 3.8) is 0 Å². The second-order valence-electron chi connectivity index (χ2n) is 2.45. The number of alkyl halides is 2. The fourth-order valence-electron chi connectivity index (χ4n) is 0.737. The van der Waals surface area contributed by atoms with Crippen LogP contribution < -0.4 is 4.57 Å². The Morgan fingerprint density at radius 2 is 2.08 bits per heavy atom. The summed E-state index contributed by atoms with van der Waals surface area (Å²) in [6.45, 7) is 0. The van der Waals surface area contributed by atoms with Crippen LogP contribution in [0.25, 0.3) is 0 Å². The minimum absolute atomic E-state index is 0.0995.